The lowest BCUT2D eigenvalue weighted by Gasteiger charge is -2.11. The normalized spacial score (nSPS) is 10.8. The average Bonchev–Trinajstić information content (AvgIpc) is 2.75. The van der Waals surface area contributed by atoms with Crippen molar-refractivity contribution in [2.75, 3.05) is 5.32 Å². The van der Waals surface area contributed by atoms with Gasteiger partial charge in [0.05, 0.1) is 16.8 Å². The molecule has 7 heteroatoms. The van der Waals surface area contributed by atoms with Crippen LogP contribution in [0.5, 0.6) is 0 Å². The van der Waals surface area contributed by atoms with E-state index in [9.17, 15) is 22.8 Å². The van der Waals surface area contributed by atoms with Crippen LogP contribution in [0.25, 0.3) is 10.9 Å². The van der Waals surface area contributed by atoms with Crippen molar-refractivity contribution in [1.82, 2.24) is 4.98 Å². The second kappa shape index (κ2) is 7.79. The fourth-order valence-corrected chi connectivity index (χ4v) is 3.04. The highest BCUT2D eigenvalue weighted by molar-refractivity contribution is 6.12. The van der Waals surface area contributed by atoms with Crippen molar-refractivity contribution in [3.8, 4) is 0 Å². The Morgan fingerprint density at radius 1 is 0.800 bits per heavy atom. The zero-order chi connectivity index (χ0) is 21.3. The molecule has 3 aromatic carbocycles. The lowest BCUT2D eigenvalue weighted by atomic mass is 10.00. The summed E-state index contributed by atoms with van der Waals surface area (Å²) in [5.74, 6) is -4.23. The van der Waals surface area contributed by atoms with Crippen LogP contribution < -0.4 is 5.32 Å². The smallest absolute Gasteiger partial charge is 0.255 e. The van der Waals surface area contributed by atoms with Gasteiger partial charge < -0.3 is 5.32 Å². The SMILES string of the molecule is O=C(Nc1cc(F)cc(C(=O)c2ccc3ncccc3c2)c1F)c1cccc(F)c1. The van der Waals surface area contributed by atoms with E-state index in [0.29, 0.717) is 10.9 Å². The first-order valence-corrected chi connectivity index (χ1v) is 8.88. The van der Waals surface area contributed by atoms with E-state index in [1.54, 1.807) is 24.4 Å². The number of benzene rings is 3. The molecule has 0 aliphatic heterocycles. The summed E-state index contributed by atoms with van der Waals surface area (Å²) < 4.78 is 42.4. The average molecular weight is 406 g/mol. The summed E-state index contributed by atoms with van der Waals surface area (Å²) in [6, 6.07) is 14.3. The van der Waals surface area contributed by atoms with Gasteiger partial charge in [0.15, 0.2) is 11.6 Å². The lowest BCUT2D eigenvalue weighted by molar-refractivity contribution is 0.101. The Morgan fingerprint density at radius 3 is 2.43 bits per heavy atom. The predicted octanol–water partition coefficient (Wildman–Crippen LogP) is 5.14. The summed E-state index contributed by atoms with van der Waals surface area (Å²) in [4.78, 5) is 29.2. The summed E-state index contributed by atoms with van der Waals surface area (Å²) in [5, 5.41) is 2.85. The van der Waals surface area contributed by atoms with Crippen molar-refractivity contribution >= 4 is 28.3 Å². The van der Waals surface area contributed by atoms with Gasteiger partial charge in [-0.15, -0.1) is 0 Å². The Hall–Kier alpha value is -4.00. The maximum Gasteiger partial charge on any atom is 0.255 e. The van der Waals surface area contributed by atoms with E-state index in [-0.39, 0.29) is 11.1 Å². The minimum Gasteiger partial charge on any atom is -0.319 e. The van der Waals surface area contributed by atoms with Crippen LogP contribution in [0.1, 0.15) is 26.3 Å². The minimum atomic E-state index is -1.09. The van der Waals surface area contributed by atoms with Crippen molar-refractivity contribution in [3.05, 3.63) is 107 Å². The highest BCUT2D eigenvalue weighted by Crippen LogP contribution is 2.25. The van der Waals surface area contributed by atoms with Crippen LogP contribution in [0.4, 0.5) is 18.9 Å². The second-order valence-corrected chi connectivity index (χ2v) is 6.52. The van der Waals surface area contributed by atoms with E-state index in [0.717, 1.165) is 24.3 Å². The third-order valence-corrected chi connectivity index (χ3v) is 4.48. The number of hydrogen-bond donors (Lipinski definition) is 1. The molecule has 30 heavy (non-hydrogen) atoms. The first kappa shape index (κ1) is 19.3. The van der Waals surface area contributed by atoms with E-state index in [1.165, 1.54) is 24.3 Å². The number of nitrogens with one attached hydrogen (secondary N) is 1. The molecule has 4 nitrogen and oxygen atoms in total. The highest BCUT2D eigenvalue weighted by Gasteiger charge is 2.21. The van der Waals surface area contributed by atoms with E-state index < -0.39 is 40.4 Å². The Bertz CT molecular complexity index is 1300. The van der Waals surface area contributed by atoms with Gasteiger partial charge in [-0.25, -0.2) is 13.2 Å². The molecular formula is C23H13F3N2O2. The maximum atomic E-state index is 15.0. The van der Waals surface area contributed by atoms with Gasteiger partial charge in [-0.3, -0.25) is 14.6 Å². The van der Waals surface area contributed by atoms with Gasteiger partial charge in [-0.1, -0.05) is 12.1 Å². The number of halogens is 3. The first-order valence-electron chi connectivity index (χ1n) is 8.88. The van der Waals surface area contributed by atoms with Crippen LogP contribution in [0.2, 0.25) is 0 Å². The van der Waals surface area contributed by atoms with E-state index in [2.05, 4.69) is 10.3 Å². The van der Waals surface area contributed by atoms with Gasteiger partial charge in [-0.05, 0) is 48.5 Å². The van der Waals surface area contributed by atoms with Crippen molar-refractivity contribution in [3.63, 3.8) is 0 Å². The van der Waals surface area contributed by atoms with Gasteiger partial charge in [0.25, 0.3) is 5.91 Å². The lowest BCUT2D eigenvalue weighted by Crippen LogP contribution is -2.15. The summed E-state index contributed by atoms with van der Waals surface area (Å²) in [6.07, 6.45) is 1.60. The molecule has 0 saturated heterocycles. The number of amides is 1. The van der Waals surface area contributed by atoms with E-state index in [4.69, 9.17) is 0 Å². The van der Waals surface area contributed by atoms with Crippen LogP contribution in [0, 0.1) is 17.5 Å². The Labute approximate surface area is 169 Å². The molecule has 1 amide bonds. The summed E-state index contributed by atoms with van der Waals surface area (Å²) in [6.45, 7) is 0. The number of carbonyl (C=O) groups excluding carboxylic acids is 2. The van der Waals surface area contributed by atoms with Gasteiger partial charge in [-0.2, -0.15) is 0 Å². The van der Waals surface area contributed by atoms with Crippen LogP contribution in [0.3, 0.4) is 0 Å². The molecule has 4 aromatic rings. The van der Waals surface area contributed by atoms with Crippen LogP contribution in [-0.4, -0.2) is 16.7 Å². The van der Waals surface area contributed by atoms with Gasteiger partial charge >= 0.3 is 0 Å². The minimum absolute atomic E-state index is 0.0754. The van der Waals surface area contributed by atoms with Crippen LogP contribution >= 0.6 is 0 Å². The number of fused-ring (bicyclic) bond motifs is 1. The molecule has 0 spiro atoms. The molecule has 0 radical (unpaired) electrons. The van der Waals surface area contributed by atoms with Crippen LogP contribution in [-0.2, 0) is 0 Å². The van der Waals surface area contributed by atoms with Gasteiger partial charge in [0, 0.05) is 28.8 Å². The molecule has 0 aliphatic carbocycles. The zero-order valence-corrected chi connectivity index (χ0v) is 15.3. The molecule has 0 saturated carbocycles. The second-order valence-electron chi connectivity index (χ2n) is 6.52. The Balaban J connectivity index is 1.69. The molecule has 0 aliphatic rings. The van der Waals surface area contributed by atoms with Crippen LogP contribution in [0.15, 0.2) is 72.9 Å². The molecule has 0 bridgehead atoms. The molecule has 0 unspecified atom stereocenters. The predicted molar refractivity (Wildman–Crippen MR) is 106 cm³/mol. The molecule has 1 aromatic heterocycles. The van der Waals surface area contributed by atoms with Crippen molar-refractivity contribution < 1.29 is 22.8 Å². The monoisotopic (exact) mass is 406 g/mol. The van der Waals surface area contributed by atoms with Gasteiger partial charge in [0.1, 0.15) is 11.6 Å². The summed E-state index contributed by atoms with van der Waals surface area (Å²) in [5.41, 5.74) is -0.337. The standard InChI is InChI=1S/C23H13F3N2O2/c24-16-5-1-3-15(10-16)23(30)28-20-12-17(25)11-18(21(20)26)22(29)14-6-7-19-13(9-14)4-2-8-27-19/h1-12H,(H,28,30). The number of aromatic nitrogens is 1. The quantitative estimate of drug-likeness (QED) is 0.478. The highest BCUT2D eigenvalue weighted by atomic mass is 19.1. The number of hydrogen-bond acceptors (Lipinski definition) is 3. The van der Waals surface area contributed by atoms with Crippen molar-refractivity contribution in [2.45, 2.75) is 0 Å². The number of ketones is 1. The third kappa shape index (κ3) is 3.77. The molecule has 1 N–H and O–H groups in total. The number of anilines is 1. The van der Waals surface area contributed by atoms with E-state index in [1.807, 2.05) is 0 Å². The molecule has 0 atom stereocenters. The summed E-state index contributed by atoms with van der Waals surface area (Å²) >= 11 is 0. The largest absolute Gasteiger partial charge is 0.319 e. The van der Waals surface area contributed by atoms with Gasteiger partial charge in [0.2, 0.25) is 0 Å². The number of rotatable bonds is 4. The van der Waals surface area contributed by atoms with Crippen molar-refractivity contribution in [2.24, 2.45) is 0 Å². The molecular weight excluding hydrogens is 393 g/mol. The number of nitrogens with zero attached hydrogens (tertiary/aromatic N) is 1. The number of carbonyl (C=O) groups is 2. The molecule has 4 rings (SSSR count). The number of pyridine rings is 1. The maximum absolute atomic E-state index is 15.0. The Kier molecular flexibility index (Phi) is 5.02. The Morgan fingerprint density at radius 2 is 1.63 bits per heavy atom. The topological polar surface area (TPSA) is 59.1 Å². The molecule has 0 fully saturated rings. The fraction of sp³-hybridized carbons (Fsp3) is 0. The zero-order valence-electron chi connectivity index (χ0n) is 15.3. The molecule has 1 heterocycles. The summed E-state index contributed by atoms with van der Waals surface area (Å²) in [7, 11) is 0. The van der Waals surface area contributed by atoms with E-state index >= 15 is 0 Å². The fourth-order valence-electron chi connectivity index (χ4n) is 3.04. The first-order chi connectivity index (χ1) is 14.4. The molecule has 148 valence electrons. The third-order valence-electron chi connectivity index (χ3n) is 4.48. The van der Waals surface area contributed by atoms with Crippen molar-refractivity contribution in [1.29, 1.82) is 0 Å².